The zero-order valence-electron chi connectivity index (χ0n) is 8.26. The molecule has 0 heterocycles. The lowest BCUT2D eigenvalue weighted by Crippen LogP contribution is -2.17. The highest BCUT2D eigenvalue weighted by atomic mass is 79.9. The molecule has 0 radical (unpaired) electrons. The number of rotatable bonds is 5. The van der Waals surface area contributed by atoms with Crippen molar-refractivity contribution in [2.24, 2.45) is 0 Å². The van der Waals surface area contributed by atoms with E-state index in [1.165, 1.54) is 5.56 Å². The minimum absolute atomic E-state index is 0.252. The first kappa shape index (κ1) is 12.0. The highest BCUT2D eigenvalue weighted by Crippen LogP contribution is 2.15. The Kier molecular flexibility index (Phi) is 5.53. The van der Waals surface area contributed by atoms with Gasteiger partial charge in [0.15, 0.2) is 0 Å². The predicted molar refractivity (Wildman–Crippen MR) is 65.8 cm³/mol. The van der Waals surface area contributed by atoms with E-state index in [0.717, 1.165) is 24.0 Å². The van der Waals surface area contributed by atoms with Gasteiger partial charge in [-0.3, -0.25) is 0 Å². The normalized spacial score (nSPS) is 12.8. The van der Waals surface area contributed by atoms with E-state index >= 15 is 0 Å². The minimum atomic E-state index is 0.252. The molecule has 1 nitrogen and oxygen atoms in total. The Morgan fingerprint density at radius 1 is 1.43 bits per heavy atom. The van der Waals surface area contributed by atoms with Crippen molar-refractivity contribution in [3.63, 3.8) is 0 Å². The molecule has 0 aromatic heterocycles. The van der Waals surface area contributed by atoms with E-state index in [2.05, 4.69) is 33.4 Å². The fraction of sp³-hybridized carbons (Fsp3) is 0.455. The predicted octanol–water partition coefficient (Wildman–Crippen LogP) is 3.56. The molecule has 1 aromatic carbocycles. The van der Waals surface area contributed by atoms with E-state index in [4.69, 9.17) is 11.6 Å². The van der Waals surface area contributed by atoms with Crippen molar-refractivity contribution in [1.29, 1.82) is 0 Å². The van der Waals surface area contributed by atoms with E-state index in [-0.39, 0.29) is 5.38 Å². The van der Waals surface area contributed by atoms with Crippen molar-refractivity contribution < 1.29 is 0 Å². The summed E-state index contributed by atoms with van der Waals surface area (Å²) in [7, 11) is 0. The van der Waals surface area contributed by atoms with Gasteiger partial charge in [-0.1, -0.05) is 34.1 Å². The maximum absolute atomic E-state index is 5.84. The van der Waals surface area contributed by atoms with Crippen molar-refractivity contribution in [2.75, 3.05) is 6.54 Å². The first-order chi connectivity index (χ1) is 6.70. The summed E-state index contributed by atoms with van der Waals surface area (Å²) < 4.78 is 1.16. The molecule has 3 heteroatoms. The van der Waals surface area contributed by atoms with Crippen LogP contribution in [-0.2, 0) is 6.54 Å². The molecule has 0 saturated heterocycles. The molecule has 0 saturated carbocycles. The van der Waals surface area contributed by atoms with Gasteiger partial charge in [0.05, 0.1) is 0 Å². The van der Waals surface area contributed by atoms with Gasteiger partial charge in [0.1, 0.15) is 0 Å². The third kappa shape index (κ3) is 4.45. The van der Waals surface area contributed by atoms with Crippen LogP contribution in [0.1, 0.15) is 18.9 Å². The summed E-state index contributed by atoms with van der Waals surface area (Å²) in [4.78, 5) is 0. The molecular weight excluding hydrogens is 261 g/mol. The fourth-order valence-electron chi connectivity index (χ4n) is 1.17. The quantitative estimate of drug-likeness (QED) is 0.640. The second-order valence-corrected chi connectivity index (χ2v) is 4.94. The lowest BCUT2D eigenvalue weighted by Gasteiger charge is -2.07. The average molecular weight is 277 g/mol. The zero-order chi connectivity index (χ0) is 10.4. The van der Waals surface area contributed by atoms with Gasteiger partial charge >= 0.3 is 0 Å². The smallest absolute Gasteiger partial charge is 0.0319 e. The Balaban J connectivity index is 2.28. The summed E-state index contributed by atoms with van der Waals surface area (Å²) in [5.74, 6) is 0. The van der Waals surface area contributed by atoms with Crippen LogP contribution < -0.4 is 5.32 Å². The number of nitrogens with one attached hydrogen (secondary N) is 1. The van der Waals surface area contributed by atoms with Gasteiger partial charge in [0.2, 0.25) is 0 Å². The molecule has 14 heavy (non-hydrogen) atoms. The van der Waals surface area contributed by atoms with E-state index in [1.54, 1.807) is 0 Å². The molecule has 1 unspecified atom stereocenters. The summed E-state index contributed by atoms with van der Waals surface area (Å²) in [5.41, 5.74) is 1.29. The van der Waals surface area contributed by atoms with Gasteiger partial charge in [0.25, 0.3) is 0 Å². The highest BCUT2D eigenvalue weighted by molar-refractivity contribution is 9.10. The van der Waals surface area contributed by atoms with Crippen LogP contribution in [0.3, 0.4) is 0 Å². The largest absolute Gasteiger partial charge is 0.313 e. The molecule has 0 amide bonds. The number of hydrogen-bond donors (Lipinski definition) is 1. The Hall–Kier alpha value is -0.0500. The van der Waals surface area contributed by atoms with Crippen molar-refractivity contribution in [3.8, 4) is 0 Å². The number of halogens is 2. The molecule has 0 aliphatic heterocycles. The molecule has 1 N–H and O–H groups in total. The highest BCUT2D eigenvalue weighted by Gasteiger charge is 1.98. The standard InChI is InChI=1S/C11H15BrClN/c1-9(13)6-7-14-8-10-4-2-3-5-11(10)12/h2-5,9,14H,6-8H2,1H3. The van der Waals surface area contributed by atoms with Crippen LogP contribution in [0.5, 0.6) is 0 Å². The maximum atomic E-state index is 5.84. The van der Waals surface area contributed by atoms with E-state index in [0.29, 0.717) is 0 Å². The van der Waals surface area contributed by atoms with Crippen LogP contribution >= 0.6 is 27.5 Å². The molecule has 0 bridgehead atoms. The van der Waals surface area contributed by atoms with Gasteiger partial charge in [0, 0.05) is 16.4 Å². The lowest BCUT2D eigenvalue weighted by atomic mass is 10.2. The Morgan fingerprint density at radius 3 is 2.79 bits per heavy atom. The zero-order valence-corrected chi connectivity index (χ0v) is 10.6. The molecular formula is C11H15BrClN. The molecule has 0 aliphatic rings. The molecule has 0 aliphatic carbocycles. The van der Waals surface area contributed by atoms with E-state index in [1.807, 2.05) is 19.1 Å². The number of benzene rings is 1. The first-order valence-corrected chi connectivity index (χ1v) is 6.01. The topological polar surface area (TPSA) is 12.0 Å². The van der Waals surface area contributed by atoms with Crippen LogP contribution in [0.2, 0.25) is 0 Å². The maximum Gasteiger partial charge on any atom is 0.0319 e. The number of alkyl halides is 1. The van der Waals surface area contributed by atoms with Gasteiger partial charge in [-0.15, -0.1) is 11.6 Å². The Labute approximate surface area is 99.0 Å². The van der Waals surface area contributed by atoms with Crippen molar-refractivity contribution in [2.45, 2.75) is 25.3 Å². The summed E-state index contributed by atoms with van der Waals surface area (Å²) in [6.07, 6.45) is 1.01. The summed E-state index contributed by atoms with van der Waals surface area (Å²) in [5, 5.41) is 3.61. The molecule has 78 valence electrons. The van der Waals surface area contributed by atoms with Gasteiger partial charge in [-0.25, -0.2) is 0 Å². The third-order valence-corrected chi connectivity index (χ3v) is 2.98. The first-order valence-electron chi connectivity index (χ1n) is 4.78. The van der Waals surface area contributed by atoms with Crippen LogP contribution in [0.15, 0.2) is 28.7 Å². The molecule has 1 rings (SSSR count). The van der Waals surface area contributed by atoms with Crippen LogP contribution in [0.4, 0.5) is 0 Å². The van der Waals surface area contributed by atoms with Gasteiger partial charge in [-0.2, -0.15) is 0 Å². The Morgan fingerprint density at radius 2 is 2.14 bits per heavy atom. The number of hydrogen-bond acceptors (Lipinski definition) is 1. The molecule has 0 spiro atoms. The molecule has 0 fully saturated rings. The lowest BCUT2D eigenvalue weighted by molar-refractivity contribution is 0.644. The fourth-order valence-corrected chi connectivity index (χ4v) is 1.70. The second kappa shape index (κ2) is 6.44. The minimum Gasteiger partial charge on any atom is -0.313 e. The Bertz CT molecular complexity index is 276. The van der Waals surface area contributed by atoms with E-state index in [9.17, 15) is 0 Å². The summed E-state index contributed by atoms with van der Waals surface area (Å²) in [6, 6.07) is 8.24. The van der Waals surface area contributed by atoms with Crippen LogP contribution in [-0.4, -0.2) is 11.9 Å². The average Bonchev–Trinajstić information content (AvgIpc) is 2.15. The molecule has 1 atom stereocenters. The third-order valence-electron chi connectivity index (χ3n) is 1.99. The van der Waals surface area contributed by atoms with Crippen molar-refractivity contribution >= 4 is 27.5 Å². The van der Waals surface area contributed by atoms with Gasteiger partial charge in [-0.05, 0) is 31.5 Å². The van der Waals surface area contributed by atoms with Crippen LogP contribution in [0, 0.1) is 0 Å². The van der Waals surface area contributed by atoms with Crippen LogP contribution in [0.25, 0.3) is 0 Å². The summed E-state index contributed by atoms with van der Waals surface area (Å²) >= 11 is 9.35. The van der Waals surface area contributed by atoms with Crippen molar-refractivity contribution in [1.82, 2.24) is 5.32 Å². The molecule has 1 aromatic rings. The second-order valence-electron chi connectivity index (χ2n) is 3.34. The van der Waals surface area contributed by atoms with Gasteiger partial charge < -0.3 is 5.32 Å². The monoisotopic (exact) mass is 275 g/mol. The van der Waals surface area contributed by atoms with Crippen molar-refractivity contribution in [3.05, 3.63) is 34.3 Å². The van der Waals surface area contributed by atoms with E-state index < -0.39 is 0 Å². The summed E-state index contributed by atoms with van der Waals surface area (Å²) in [6.45, 7) is 3.87. The SMILES string of the molecule is CC(Cl)CCNCc1ccccc1Br.